The molecule has 14 heavy (non-hydrogen) atoms. The fraction of sp³-hybridized carbons (Fsp3) is 0.333. The molecule has 0 aliphatic heterocycles. The Morgan fingerprint density at radius 3 is 2.86 bits per heavy atom. The van der Waals surface area contributed by atoms with Crippen molar-refractivity contribution in [2.75, 3.05) is 13.1 Å². The Morgan fingerprint density at radius 1 is 1.50 bits per heavy atom. The van der Waals surface area contributed by atoms with Gasteiger partial charge in [-0.15, -0.1) is 0 Å². The average Bonchev–Trinajstić information content (AvgIpc) is 2.25. The van der Waals surface area contributed by atoms with Gasteiger partial charge in [-0.3, -0.25) is 0 Å². The van der Waals surface area contributed by atoms with Gasteiger partial charge in [-0.2, -0.15) is 0 Å². The van der Waals surface area contributed by atoms with Crippen LogP contribution in [0, 0.1) is 0 Å². The molecule has 1 rings (SSSR count). The van der Waals surface area contributed by atoms with Crippen LogP contribution in [0.4, 0.5) is 0 Å². The highest BCUT2D eigenvalue weighted by molar-refractivity contribution is 5.52. The molecule has 0 radical (unpaired) electrons. The van der Waals surface area contributed by atoms with Crippen LogP contribution in [0.3, 0.4) is 0 Å². The molecule has 2 nitrogen and oxygen atoms in total. The molecule has 2 heteroatoms. The van der Waals surface area contributed by atoms with Gasteiger partial charge in [0.2, 0.25) is 0 Å². The Kier molecular flexibility index (Phi) is 4.36. The molecule has 1 aromatic rings. The largest absolute Gasteiger partial charge is 0.329 e. The normalized spacial score (nSPS) is 12.4. The summed E-state index contributed by atoms with van der Waals surface area (Å²) in [6.45, 7) is 7.45. The van der Waals surface area contributed by atoms with Crippen molar-refractivity contribution in [1.82, 2.24) is 5.32 Å². The summed E-state index contributed by atoms with van der Waals surface area (Å²) in [5.74, 6) is 0. The van der Waals surface area contributed by atoms with E-state index in [1.165, 1.54) is 11.1 Å². The van der Waals surface area contributed by atoms with Gasteiger partial charge in [0.15, 0.2) is 0 Å². The highest BCUT2D eigenvalue weighted by Gasteiger charge is 2.06. The van der Waals surface area contributed by atoms with E-state index in [1.54, 1.807) is 0 Å². The number of benzene rings is 1. The first kappa shape index (κ1) is 11.0. The third kappa shape index (κ3) is 2.69. The Labute approximate surface area is 85.8 Å². The molecule has 0 amide bonds. The van der Waals surface area contributed by atoms with Gasteiger partial charge < -0.3 is 11.1 Å². The lowest BCUT2D eigenvalue weighted by atomic mass is 10.0. The van der Waals surface area contributed by atoms with Gasteiger partial charge in [-0.25, -0.2) is 0 Å². The summed E-state index contributed by atoms with van der Waals surface area (Å²) in [7, 11) is 0. The van der Waals surface area contributed by atoms with Crippen molar-refractivity contribution in [2.24, 2.45) is 5.73 Å². The predicted octanol–water partition coefficient (Wildman–Crippen LogP) is 1.94. The summed E-state index contributed by atoms with van der Waals surface area (Å²) >= 11 is 0. The maximum atomic E-state index is 5.44. The van der Waals surface area contributed by atoms with Crippen molar-refractivity contribution in [3.8, 4) is 0 Å². The van der Waals surface area contributed by atoms with Crippen molar-refractivity contribution in [3.63, 3.8) is 0 Å². The summed E-state index contributed by atoms with van der Waals surface area (Å²) < 4.78 is 0. The first-order valence-electron chi connectivity index (χ1n) is 4.94. The van der Waals surface area contributed by atoms with Crippen molar-refractivity contribution < 1.29 is 0 Å². The van der Waals surface area contributed by atoms with Crippen LogP contribution < -0.4 is 11.1 Å². The molecule has 3 N–H and O–H groups in total. The van der Waals surface area contributed by atoms with Crippen molar-refractivity contribution in [3.05, 3.63) is 42.0 Å². The maximum absolute atomic E-state index is 5.44. The van der Waals surface area contributed by atoms with E-state index in [0.29, 0.717) is 12.6 Å². The highest BCUT2D eigenvalue weighted by Crippen LogP contribution is 2.17. The summed E-state index contributed by atoms with van der Waals surface area (Å²) in [5.41, 5.74) is 7.90. The smallest absolute Gasteiger partial charge is 0.0298 e. The summed E-state index contributed by atoms with van der Waals surface area (Å²) in [6, 6.07) is 8.58. The first-order valence-corrected chi connectivity index (χ1v) is 4.94. The number of nitrogens with two attached hydrogens (primary N) is 1. The fourth-order valence-electron chi connectivity index (χ4n) is 1.50. The van der Waals surface area contributed by atoms with Crippen LogP contribution in [-0.2, 0) is 0 Å². The molecule has 0 saturated heterocycles. The minimum Gasteiger partial charge on any atom is -0.329 e. The van der Waals surface area contributed by atoms with Gasteiger partial charge in [0.1, 0.15) is 0 Å². The zero-order chi connectivity index (χ0) is 10.4. The quantitative estimate of drug-likeness (QED) is 0.744. The van der Waals surface area contributed by atoms with Crippen molar-refractivity contribution in [2.45, 2.75) is 13.0 Å². The number of nitrogens with one attached hydrogen (secondary N) is 1. The number of hydrogen-bond donors (Lipinski definition) is 2. The molecule has 0 aromatic heterocycles. The molecule has 0 aliphatic carbocycles. The van der Waals surface area contributed by atoms with Crippen LogP contribution >= 0.6 is 0 Å². The SMILES string of the molecule is C=Cc1ccccc1C(C)NCCN. The van der Waals surface area contributed by atoms with Crippen LogP contribution in [0.2, 0.25) is 0 Å². The van der Waals surface area contributed by atoms with Crippen LogP contribution in [0.5, 0.6) is 0 Å². The van der Waals surface area contributed by atoms with Crippen molar-refractivity contribution in [1.29, 1.82) is 0 Å². The summed E-state index contributed by atoms with van der Waals surface area (Å²) in [5, 5.41) is 3.35. The second-order valence-corrected chi connectivity index (χ2v) is 3.30. The van der Waals surface area contributed by atoms with Gasteiger partial charge in [-0.1, -0.05) is 36.9 Å². The number of rotatable bonds is 5. The van der Waals surface area contributed by atoms with E-state index in [-0.39, 0.29) is 0 Å². The standard InChI is InChI=1S/C12H18N2/c1-3-11-6-4-5-7-12(11)10(2)14-9-8-13/h3-7,10,14H,1,8-9,13H2,2H3. The molecule has 0 saturated carbocycles. The Hall–Kier alpha value is -1.12. The van der Waals surface area contributed by atoms with E-state index in [1.807, 2.05) is 18.2 Å². The maximum Gasteiger partial charge on any atom is 0.0298 e. The molecular formula is C12H18N2. The Balaban J connectivity index is 2.77. The molecule has 1 atom stereocenters. The molecule has 1 unspecified atom stereocenters. The molecule has 0 heterocycles. The van der Waals surface area contributed by atoms with Gasteiger partial charge in [0, 0.05) is 19.1 Å². The molecular weight excluding hydrogens is 172 g/mol. The van der Waals surface area contributed by atoms with Crippen molar-refractivity contribution >= 4 is 6.08 Å². The lowest BCUT2D eigenvalue weighted by Gasteiger charge is -2.15. The van der Waals surface area contributed by atoms with Crippen LogP contribution in [0.1, 0.15) is 24.1 Å². The van der Waals surface area contributed by atoms with Crippen LogP contribution in [0.15, 0.2) is 30.8 Å². The Bertz CT molecular complexity index is 294. The van der Waals surface area contributed by atoms with Gasteiger partial charge >= 0.3 is 0 Å². The minimum absolute atomic E-state index is 0.327. The monoisotopic (exact) mass is 190 g/mol. The van der Waals surface area contributed by atoms with E-state index in [4.69, 9.17) is 5.73 Å². The van der Waals surface area contributed by atoms with E-state index >= 15 is 0 Å². The lowest BCUT2D eigenvalue weighted by Crippen LogP contribution is -2.25. The van der Waals surface area contributed by atoms with E-state index in [2.05, 4.69) is 31.0 Å². The third-order valence-corrected chi connectivity index (χ3v) is 2.28. The second-order valence-electron chi connectivity index (χ2n) is 3.30. The number of hydrogen-bond acceptors (Lipinski definition) is 2. The second kappa shape index (κ2) is 5.58. The van der Waals surface area contributed by atoms with Gasteiger partial charge in [0.05, 0.1) is 0 Å². The van der Waals surface area contributed by atoms with E-state index < -0.39 is 0 Å². The zero-order valence-electron chi connectivity index (χ0n) is 8.66. The average molecular weight is 190 g/mol. The third-order valence-electron chi connectivity index (χ3n) is 2.28. The van der Waals surface area contributed by atoms with Gasteiger partial charge in [0.25, 0.3) is 0 Å². The van der Waals surface area contributed by atoms with E-state index in [0.717, 1.165) is 6.54 Å². The summed E-state index contributed by atoms with van der Waals surface area (Å²) in [6.07, 6.45) is 1.88. The molecule has 0 aliphatic rings. The lowest BCUT2D eigenvalue weighted by molar-refractivity contribution is 0.581. The fourth-order valence-corrected chi connectivity index (χ4v) is 1.50. The molecule has 1 aromatic carbocycles. The topological polar surface area (TPSA) is 38.0 Å². The molecule has 0 fully saturated rings. The van der Waals surface area contributed by atoms with Crippen LogP contribution in [-0.4, -0.2) is 13.1 Å². The highest BCUT2D eigenvalue weighted by atomic mass is 14.9. The van der Waals surface area contributed by atoms with Gasteiger partial charge in [-0.05, 0) is 18.1 Å². The minimum atomic E-state index is 0.327. The molecule has 0 spiro atoms. The molecule has 76 valence electrons. The zero-order valence-corrected chi connectivity index (χ0v) is 8.66. The molecule has 0 bridgehead atoms. The van der Waals surface area contributed by atoms with Crippen LogP contribution in [0.25, 0.3) is 6.08 Å². The van der Waals surface area contributed by atoms with E-state index in [9.17, 15) is 0 Å². The first-order chi connectivity index (χ1) is 6.79. The summed E-state index contributed by atoms with van der Waals surface area (Å²) in [4.78, 5) is 0. The predicted molar refractivity (Wildman–Crippen MR) is 62.0 cm³/mol. The Morgan fingerprint density at radius 2 is 2.21 bits per heavy atom.